The van der Waals surface area contributed by atoms with Gasteiger partial charge >= 0.3 is 6.18 Å². The van der Waals surface area contributed by atoms with Crippen molar-refractivity contribution in [2.24, 2.45) is 0 Å². The lowest BCUT2D eigenvalue weighted by atomic mass is 10.1. The average Bonchev–Trinajstić information content (AvgIpc) is 2.18. The van der Waals surface area contributed by atoms with Crippen LogP contribution in [-0.2, 0) is 12.6 Å². The summed E-state index contributed by atoms with van der Waals surface area (Å²) in [6.45, 7) is 3.63. The summed E-state index contributed by atoms with van der Waals surface area (Å²) in [5.74, 6) is 0. The van der Waals surface area contributed by atoms with Gasteiger partial charge in [-0.2, -0.15) is 13.2 Å². The largest absolute Gasteiger partial charge is 0.416 e. The van der Waals surface area contributed by atoms with Crippen molar-refractivity contribution in [3.8, 4) is 0 Å². The first-order chi connectivity index (χ1) is 7.04. The summed E-state index contributed by atoms with van der Waals surface area (Å²) in [5.41, 5.74) is 0.264. The van der Waals surface area contributed by atoms with E-state index in [2.05, 4.69) is 6.92 Å². The van der Waals surface area contributed by atoms with Gasteiger partial charge in [-0.15, -0.1) is 0 Å². The van der Waals surface area contributed by atoms with Gasteiger partial charge in [0.05, 0.1) is 5.56 Å². The molecule has 0 saturated carbocycles. The molecule has 0 fully saturated rings. The van der Waals surface area contributed by atoms with E-state index in [0.717, 1.165) is 17.7 Å². The topological polar surface area (TPSA) is 0 Å². The zero-order valence-electron chi connectivity index (χ0n) is 8.22. The molecule has 0 amide bonds. The second-order valence-electron chi connectivity index (χ2n) is 3.16. The van der Waals surface area contributed by atoms with Crippen LogP contribution in [0.15, 0.2) is 36.4 Å². The van der Waals surface area contributed by atoms with Crippen LogP contribution >= 0.6 is 0 Å². The third-order valence-electron chi connectivity index (χ3n) is 1.97. The van der Waals surface area contributed by atoms with E-state index >= 15 is 0 Å². The zero-order valence-corrected chi connectivity index (χ0v) is 8.22. The van der Waals surface area contributed by atoms with Gasteiger partial charge in [-0.05, 0) is 37.5 Å². The van der Waals surface area contributed by atoms with Gasteiger partial charge in [0.15, 0.2) is 0 Å². The molecule has 0 heterocycles. The molecule has 0 aromatic heterocycles. The summed E-state index contributed by atoms with van der Waals surface area (Å²) in [4.78, 5) is 0. The van der Waals surface area contributed by atoms with Crippen LogP contribution in [0.1, 0.15) is 17.5 Å². The van der Waals surface area contributed by atoms with Crippen LogP contribution in [0, 0.1) is 6.92 Å². The second kappa shape index (κ2) is 5.01. The van der Waals surface area contributed by atoms with Gasteiger partial charge in [0.2, 0.25) is 0 Å². The Morgan fingerprint density at radius 2 is 1.67 bits per heavy atom. The molecule has 0 unspecified atom stereocenters. The molecule has 1 aromatic rings. The molecule has 0 aliphatic rings. The molecule has 0 spiro atoms. The van der Waals surface area contributed by atoms with Gasteiger partial charge in [0, 0.05) is 0 Å². The molecule has 1 radical (unpaired) electrons. The SMILES string of the molecule is [CH2]C/C=C/Cc1ccc(C(F)(F)F)cc1. The molecule has 15 heavy (non-hydrogen) atoms. The Morgan fingerprint density at radius 3 is 2.13 bits per heavy atom. The number of hydrogen-bond donors (Lipinski definition) is 0. The molecule has 0 atom stereocenters. The number of benzene rings is 1. The van der Waals surface area contributed by atoms with E-state index in [4.69, 9.17) is 0 Å². The quantitative estimate of drug-likeness (QED) is 0.665. The molecule has 1 rings (SSSR count). The van der Waals surface area contributed by atoms with Crippen LogP contribution in [0.3, 0.4) is 0 Å². The fourth-order valence-electron chi connectivity index (χ4n) is 1.17. The predicted molar refractivity (Wildman–Crippen MR) is 54.3 cm³/mol. The van der Waals surface area contributed by atoms with Gasteiger partial charge in [-0.25, -0.2) is 0 Å². The highest BCUT2D eigenvalue weighted by Gasteiger charge is 2.29. The van der Waals surface area contributed by atoms with E-state index in [9.17, 15) is 13.2 Å². The molecule has 0 bridgehead atoms. The Bertz CT molecular complexity index is 320. The van der Waals surface area contributed by atoms with Crippen LogP contribution in [0.4, 0.5) is 13.2 Å². The Balaban J connectivity index is 2.69. The van der Waals surface area contributed by atoms with Gasteiger partial charge in [-0.3, -0.25) is 0 Å². The van der Waals surface area contributed by atoms with Crippen molar-refractivity contribution < 1.29 is 13.2 Å². The molecule has 0 saturated heterocycles. The van der Waals surface area contributed by atoms with E-state index in [1.807, 2.05) is 12.2 Å². The third-order valence-corrected chi connectivity index (χ3v) is 1.97. The van der Waals surface area contributed by atoms with Crippen LogP contribution in [0.25, 0.3) is 0 Å². The van der Waals surface area contributed by atoms with Crippen molar-refractivity contribution in [2.45, 2.75) is 19.0 Å². The normalized spacial score (nSPS) is 12.3. The van der Waals surface area contributed by atoms with Gasteiger partial charge in [0.1, 0.15) is 0 Å². The fourth-order valence-corrected chi connectivity index (χ4v) is 1.17. The summed E-state index contributed by atoms with van der Waals surface area (Å²) in [6, 6.07) is 5.20. The molecule has 81 valence electrons. The van der Waals surface area contributed by atoms with Crippen LogP contribution in [-0.4, -0.2) is 0 Å². The van der Waals surface area contributed by atoms with Crippen LogP contribution < -0.4 is 0 Å². The Kier molecular flexibility index (Phi) is 3.95. The van der Waals surface area contributed by atoms with E-state index in [0.29, 0.717) is 12.8 Å². The molecule has 0 aliphatic carbocycles. The van der Waals surface area contributed by atoms with E-state index in [1.165, 1.54) is 12.1 Å². The lowest BCUT2D eigenvalue weighted by molar-refractivity contribution is -0.137. The third kappa shape index (κ3) is 3.78. The first-order valence-electron chi connectivity index (χ1n) is 4.64. The standard InChI is InChI=1S/C12H12F3/c1-2-3-4-5-10-6-8-11(9-7-10)12(13,14)15/h3-4,6-9H,1-2,5H2/b4-3+. The predicted octanol–water partition coefficient (Wildman–Crippen LogP) is 4.03. The van der Waals surface area contributed by atoms with Crippen LogP contribution in [0.5, 0.6) is 0 Å². The minimum atomic E-state index is -4.25. The highest BCUT2D eigenvalue weighted by atomic mass is 19.4. The summed E-state index contributed by atoms with van der Waals surface area (Å²) in [6.07, 6.45) is 0.878. The van der Waals surface area contributed by atoms with Crippen molar-refractivity contribution >= 4 is 0 Å². The molecule has 0 nitrogen and oxygen atoms in total. The molecule has 1 aromatic carbocycles. The molecule has 3 heteroatoms. The maximum Gasteiger partial charge on any atom is 0.416 e. The Morgan fingerprint density at radius 1 is 1.07 bits per heavy atom. The minimum absolute atomic E-state index is 0.604. The van der Waals surface area contributed by atoms with Crippen molar-refractivity contribution in [1.29, 1.82) is 0 Å². The number of alkyl halides is 3. The van der Waals surface area contributed by atoms with E-state index in [1.54, 1.807) is 0 Å². The zero-order chi connectivity index (χ0) is 11.3. The van der Waals surface area contributed by atoms with Gasteiger partial charge < -0.3 is 0 Å². The average molecular weight is 213 g/mol. The maximum absolute atomic E-state index is 12.2. The summed E-state index contributed by atoms with van der Waals surface area (Å²) in [7, 11) is 0. The fraction of sp³-hybridized carbons (Fsp3) is 0.250. The van der Waals surface area contributed by atoms with Crippen LogP contribution in [0.2, 0.25) is 0 Å². The van der Waals surface area contributed by atoms with Gasteiger partial charge in [0.25, 0.3) is 0 Å². The van der Waals surface area contributed by atoms with Crippen molar-refractivity contribution in [3.63, 3.8) is 0 Å². The summed E-state index contributed by atoms with van der Waals surface area (Å²) < 4.78 is 36.6. The lowest BCUT2D eigenvalue weighted by Crippen LogP contribution is -2.04. The molecule has 0 N–H and O–H groups in total. The molecule has 0 aliphatic heterocycles. The number of allylic oxidation sites excluding steroid dienone is 2. The highest BCUT2D eigenvalue weighted by Crippen LogP contribution is 2.29. The minimum Gasteiger partial charge on any atom is -0.166 e. The summed E-state index contributed by atoms with van der Waals surface area (Å²) >= 11 is 0. The number of rotatable bonds is 3. The van der Waals surface area contributed by atoms with Gasteiger partial charge in [-0.1, -0.05) is 24.3 Å². The molecular formula is C12H12F3. The Labute approximate surface area is 87.4 Å². The smallest absolute Gasteiger partial charge is 0.166 e. The first kappa shape index (κ1) is 11.8. The van der Waals surface area contributed by atoms with Crippen molar-refractivity contribution in [1.82, 2.24) is 0 Å². The number of halogens is 3. The van der Waals surface area contributed by atoms with Crippen molar-refractivity contribution in [2.75, 3.05) is 0 Å². The summed E-state index contributed by atoms with van der Waals surface area (Å²) in [5, 5.41) is 0. The first-order valence-corrected chi connectivity index (χ1v) is 4.64. The monoisotopic (exact) mass is 213 g/mol. The van der Waals surface area contributed by atoms with E-state index in [-0.39, 0.29) is 0 Å². The van der Waals surface area contributed by atoms with Crippen molar-refractivity contribution in [3.05, 3.63) is 54.5 Å². The van der Waals surface area contributed by atoms with E-state index < -0.39 is 11.7 Å². The molecular weight excluding hydrogens is 201 g/mol. The second-order valence-corrected chi connectivity index (χ2v) is 3.16. The Hall–Kier alpha value is -1.25. The highest BCUT2D eigenvalue weighted by molar-refractivity contribution is 5.25. The number of hydrogen-bond acceptors (Lipinski definition) is 0. The lowest BCUT2D eigenvalue weighted by Gasteiger charge is -2.06. The maximum atomic E-state index is 12.2.